The first kappa shape index (κ1) is 16.8. The highest BCUT2D eigenvalue weighted by molar-refractivity contribution is 9.10. The maximum atomic E-state index is 12.2. The van der Waals surface area contributed by atoms with Crippen LogP contribution in [0.15, 0.2) is 22.7 Å². The minimum atomic E-state index is -4.09. The number of hydrogen-bond donors (Lipinski definition) is 1. The molecule has 0 fully saturated rings. The van der Waals surface area contributed by atoms with E-state index < -0.39 is 12.6 Å². The van der Waals surface area contributed by atoms with Crippen LogP contribution in [0.4, 0.5) is 13.2 Å². The molecule has 1 aromatic carbocycles. The minimum absolute atomic E-state index is 0.0982. The second kappa shape index (κ2) is 7.50. The summed E-state index contributed by atoms with van der Waals surface area (Å²) in [7, 11) is 0. The first-order valence-electron chi connectivity index (χ1n) is 6.08. The summed E-state index contributed by atoms with van der Waals surface area (Å²) in [5.41, 5.74) is 0.938. The average molecular weight is 359 g/mol. The first-order valence-corrected chi connectivity index (χ1v) is 7.25. The van der Waals surface area contributed by atoms with Gasteiger partial charge in [0.2, 0.25) is 0 Å². The third-order valence-corrected chi connectivity index (χ3v) is 3.66. The van der Waals surface area contributed by atoms with Gasteiger partial charge >= 0.3 is 6.18 Å². The molecule has 0 heterocycles. The predicted molar refractivity (Wildman–Crippen MR) is 75.5 cm³/mol. The lowest BCUT2D eigenvalue weighted by atomic mass is 10.0. The Kier molecular flexibility index (Phi) is 6.63. The molecule has 0 saturated heterocycles. The van der Waals surface area contributed by atoms with Crippen LogP contribution >= 0.6 is 27.5 Å². The van der Waals surface area contributed by atoms with Crippen molar-refractivity contribution in [3.05, 3.63) is 33.3 Å². The predicted octanol–water partition coefficient (Wildman–Crippen LogP) is 5.49. The molecule has 1 unspecified atom stereocenters. The lowest BCUT2D eigenvalue weighted by Gasteiger charge is -2.20. The van der Waals surface area contributed by atoms with Crippen molar-refractivity contribution in [1.29, 1.82) is 0 Å². The van der Waals surface area contributed by atoms with Gasteiger partial charge in [-0.1, -0.05) is 40.5 Å². The van der Waals surface area contributed by atoms with Gasteiger partial charge in [-0.25, -0.2) is 0 Å². The fourth-order valence-electron chi connectivity index (χ4n) is 1.90. The maximum absolute atomic E-state index is 12.2. The molecule has 0 bridgehead atoms. The number of hydrogen-bond acceptors (Lipinski definition) is 1. The SMILES string of the molecule is CCNC(CCCC(F)(F)F)c1ccc(Cl)cc1Br. The molecule has 0 aliphatic rings. The molecular weight excluding hydrogens is 343 g/mol. The van der Waals surface area contributed by atoms with Crippen LogP contribution in [0.1, 0.15) is 37.8 Å². The van der Waals surface area contributed by atoms with Crippen molar-refractivity contribution in [3.63, 3.8) is 0 Å². The van der Waals surface area contributed by atoms with Crippen LogP contribution in [-0.2, 0) is 0 Å². The van der Waals surface area contributed by atoms with Gasteiger partial charge in [0.25, 0.3) is 0 Å². The Hall–Kier alpha value is -0.260. The van der Waals surface area contributed by atoms with Crippen molar-refractivity contribution in [2.24, 2.45) is 0 Å². The molecule has 19 heavy (non-hydrogen) atoms. The summed E-state index contributed by atoms with van der Waals surface area (Å²) >= 11 is 9.27. The van der Waals surface area contributed by atoms with E-state index in [1.165, 1.54) is 0 Å². The zero-order valence-corrected chi connectivity index (χ0v) is 12.9. The van der Waals surface area contributed by atoms with Crippen molar-refractivity contribution in [3.8, 4) is 0 Å². The van der Waals surface area contributed by atoms with E-state index in [0.29, 0.717) is 18.0 Å². The summed E-state index contributed by atoms with van der Waals surface area (Å²) < 4.78 is 37.4. The van der Waals surface area contributed by atoms with Gasteiger partial charge in [-0.3, -0.25) is 0 Å². The summed E-state index contributed by atoms with van der Waals surface area (Å²) in [6.07, 6.45) is -4.29. The maximum Gasteiger partial charge on any atom is 0.389 e. The highest BCUT2D eigenvalue weighted by Crippen LogP contribution is 2.31. The molecule has 1 nitrogen and oxygen atoms in total. The Bertz CT molecular complexity index is 409. The van der Waals surface area contributed by atoms with Gasteiger partial charge in [-0.2, -0.15) is 13.2 Å². The zero-order chi connectivity index (χ0) is 14.5. The Labute approximate surface area is 124 Å². The smallest absolute Gasteiger partial charge is 0.310 e. The average Bonchev–Trinajstić information content (AvgIpc) is 2.26. The molecule has 0 aromatic heterocycles. The topological polar surface area (TPSA) is 12.0 Å². The quantitative estimate of drug-likeness (QED) is 0.709. The van der Waals surface area contributed by atoms with E-state index in [4.69, 9.17) is 11.6 Å². The van der Waals surface area contributed by atoms with Gasteiger partial charge in [0.1, 0.15) is 0 Å². The van der Waals surface area contributed by atoms with Crippen molar-refractivity contribution in [1.82, 2.24) is 5.32 Å². The number of rotatable bonds is 6. The molecule has 0 saturated carbocycles. The van der Waals surface area contributed by atoms with Crippen molar-refractivity contribution >= 4 is 27.5 Å². The molecule has 0 spiro atoms. The third kappa shape index (κ3) is 6.15. The van der Waals surface area contributed by atoms with Gasteiger partial charge in [-0.05, 0) is 37.1 Å². The van der Waals surface area contributed by atoms with E-state index in [1.807, 2.05) is 13.0 Å². The minimum Gasteiger partial charge on any atom is -0.310 e. The molecule has 1 rings (SSSR count). The molecule has 0 aliphatic carbocycles. The third-order valence-electron chi connectivity index (χ3n) is 2.74. The normalized spacial score (nSPS) is 13.6. The molecule has 1 N–H and O–H groups in total. The zero-order valence-electron chi connectivity index (χ0n) is 10.5. The number of benzene rings is 1. The van der Waals surface area contributed by atoms with Crippen LogP contribution in [-0.4, -0.2) is 12.7 Å². The van der Waals surface area contributed by atoms with E-state index in [0.717, 1.165) is 10.0 Å². The first-order chi connectivity index (χ1) is 8.83. The van der Waals surface area contributed by atoms with E-state index >= 15 is 0 Å². The van der Waals surface area contributed by atoms with E-state index in [-0.39, 0.29) is 12.5 Å². The second-order valence-electron chi connectivity index (χ2n) is 4.28. The Morgan fingerprint density at radius 3 is 2.58 bits per heavy atom. The molecular formula is C13H16BrClF3N. The largest absolute Gasteiger partial charge is 0.389 e. The van der Waals surface area contributed by atoms with Crippen LogP contribution in [0.3, 0.4) is 0 Å². The van der Waals surface area contributed by atoms with Crippen LogP contribution in [0.25, 0.3) is 0 Å². The Morgan fingerprint density at radius 2 is 2.05 bits per heavy atom. The summed E-state index contributed by atoms with van der Waals surface area (Å²) in [4.78, 5) is 0. The summed E-state index contributed by atoms with van der Waals surface area (Å²) in [6.45, 7) is 2.63. The van der Waals surface area contributed by atoms with Gasteiger partial charge in [0.15, 0.2) is 0 Å². The molecule has 0 amide bonds. The highest BCUT2D eigenvalue weighted by Gasteiger charge is 2.27. The molecule has 1 aromatic rings. The van der Waals surface area contributed by atoms with Gasteiger partial charge in [-0.15, -0.1) is 0 Å². The Morgan fingerprint density at radius 1 is 1.37 bits per heavy atom. The molecule has 0 aliphatic heterocycles. The molecule has 6 heteroatoms. The molecule has 0 radical (unpaired) electrons. The Balaban J connectivity index is 2.71. The van der Waals surface area contributed by atoms with Crippen LogP contribution < -0.4 is 5.32 Å². The van der Waals surface area contributed by atoms with Crippen molar-refractivity contribution < 1.29 is 13.2 Å². The van der Waals surface area contributed by atoms with E-state index in [2.05, 4.69) is 21.2 Å². The van der Waals surface area contributed by atoms with Crippen molar-refractivity contribution in [2.75, 3.05) is 6.54 Å². The van der Waals surface area contributed by atoms with Crippen molar-refractivity contribution in [2.45, 2.75) is 38.4 Å². The summed E-state index contributed by atoms with van der Waals surface area (Å²) in [5, 5.41) is 3.80. The van der Waals surface area contributed by atoms with Crippen LogP contribution in [0, 0.1) is 0 Å². The summed E-state index contributed by atoms with van der Waals surface area (Å²) in [5.74, 6) is 0. The molecule has 1 atom stereocenters. The summed E-state index contributed by atoms with van der Waals surface area (Å²) in [6, 6.07) is 5.24. The van der Waals surface area contributed by atoms with Gasteiger partial charge in [0, 0.05) is 22.0 Å². The lowest BCUT2D eigenvalue weighted by molar-refractivity contribution is -0.135. The number of halogens is 5. The van der Waals surface area contributed by atoms with Crippen LogP contribution in [0.2, 0.25) is 5.02 Å². The lowest BCUT2D eigenvalue weighted by Crippen LogP contribution is -2.22. The second-order valence-corrected chi connectivity index (χ2v) is 5.57. The standard InChI is InChI=1S/C13H16BrClF3N/c1-2-19-12(4-3-7-13(16,17)18)10-6-5-9(15)8-11(10)14/h5-6,8,12,19H,2-4,7H2,1H3. The van der Waals surface area contributed by atoms with Gasteiger partial charge in [0.05, 0.1) is 0 Å². The highest BCUT2D eigenvalue weighted by atomic mass is 79.9. The number of nitrogens with one attached hydrogen (secondary N) is 1. The fraction of sp³-hybridized carbons (Fsp3) is 0.538. The molecule has 108 valence electrons. The van der Waals surface area contributed by atoms with E-state index in [9.17, 15) is 13.2 Å². The number of alkyl halides is 3. The fourth-order valence-corrected chi connectivity index (χ4v) is 2.86. The van der Waals surface area contributed by atoms with Crippen LogP contribution in [0.5, 0.6) is 0 Å². The monoisotopic (exact) mass is 357 g/mol. The van der Waals surface area contributed by atoms with E-state index in [1.54, 1.807) is 12.1 Å². The van der Waals surface area contributed by atoms with Gasteiger partial charge < -0.3 is 5.32 Å².